The molecule has 4 rings (SSSR count). The normalized spacial score (nSPS) is 52.9. The lowest BCUT2D eigenvalue weighted by Crippen LogP contribution is -2.52. The minimum atomic E-state index is -0.117. The van der Waals surface area contributed by atoms with Gasteiger partial charge in [-0.15, -0.1) is 0 Å². The predicted molar refractivity (Wildman–Crippen MR) is 92.1 cm³/mol. The van der Waals surface area contributed by atoms with Crippen LogP contribution in [0.25, 0.3) is 0 Å². The zero-order valence-electron chi connectivity index (χ0n) is 14.6. The molecule has 4 aliphatic carbocycles. The summed E-state index contributed by atoms with van der Waals surface area (Å²) in [5, 5.41) is 11.1. The number of fused-ring (bicyclic) bond motifs is 5. The summed E-state index contributed by atoms with van der Waals surface area (Å²) in [7, 11) is 0. The van der Waals surface area contributed by atoms with Crippen LogP contribution in [-0.2, 0) is 4.79 Å². The van der Waals surface area contributed by atoms with Gasteiger partial charge in [-0.3, -0.25) is 4.79 Å². The number of hydrogen-bond acceptors (Lipinski definition) is 2. The Kier molecular flexibility index (Phi) is 3.57. The first-order valence-electron chi connectivity index (χ1n) is 9.40. The highest BCUT2D eigenvalue weighted by molar-refractivity contribution is 6.43. The van der Waals surface area contributed by atoms with E-state index in [9.17, 15) is 9.90 Å². The van der Waals surface area contributed by atoms with E-state index in [1.54, 1.807) is 0 Å². The molecule has 0 heterocycles. The Bertz CT molecular complexity index is 582. The lowest BCUT2D eigenvalue weighted by molar-refractivity contribution is -0.123. The number of aliphatic hydroxyl groups is 1. The molecule has 3 heteroatoms. The van der Waals surface area contributed by atoms with E-state index in [1.807, 2.05) is 6.92 Å². The van der Waals surface area contributed by atoms with Crippen molar-refractivity contribution in [1.29, 1.82) is 0 Å². The van der Waals surface area contributed by atoms with E-state index < -0.39 is 0 Å². The number of carbonyl (C=O) groups is 1. The summed E-state index contributed by atoms with van der Waals surface area (Å²) < 4.78 is 0. The molecule has 1 unspecified atom stereocenters. The summed E-state index contributed by atoms with van der Waals surface area (Å²) in [6, 6.07) is 0. The molecule has 1 N–H and O–H groups in total. The first kappa shape index (κ1) is 16.1. The minimum Gasteiger partial charge on any atom is -0.393 e. The summed E-state index contributed by atoms with van der Waals surface area (Å²) in [6.45, 7) is 6.74. The van der Waals surface area contributed by atoms with Crippen LogP contribution in [0, 0.1) is 34.5 Å². The second-order valence-corrected chi connectivity index (χ2v) is 9.61. The zero-order valence-corrected chi connectivity index (χ0v) is 15.3. The van der Waals surface area contributed by atoms with Crippen molar-refractivity contribution in [2.75, 3.05) is 0 Å². The Labute approximate surface area is 144 Å². The number of aliphatic hydroxyl groups excluding tert-OH is 1. The molecule has 0 spiro atoms. The van der Waals surface area contributed by atoms with Gasteiger partial charge in [0.2, 0.25) is 0 Å². The first-order chi connectivity index (χ1) is 10.8. The van der Waals surface area contributed by atoms with Crippen LogP contribution in [0.1, 0.15) is 65.7 Å². The van der Waals surface area contributed by atoms with Crippen LogP contribution in [0.5, 0.6) is 0 Å². The van der Waals surface area contributed by atoms with E-state index >= 15 is 0 Å². The summed E-state index contributed by atoms with van der Waals surface area (Å²) in [5.41, 5.74) is 1.48. The average Bonchev–Trinajstić information content (AvgIpc) is 2.80. The van der Waals surface area contributed by atoms with Crippen molar-refractivity contribution in [2.24, 2.45) is 34.5 Å². The van der Waals surface area contributed by atoms with Gasteiger partial charge < -0.3 is 5.11 Å². The topological polar surface area (TPSA) is 37.3 Å². The van der Waals surface area contributed by atoms with Crippen LogP contribution in [0.15, 0.2) is 10.6 Å². The molecular formula is C20H29ClO2. The molecule has 0 radical (unpaired) electrons. The number of halogens is 1. The van der Waals surface area contributed by atoms with Crippen LogP contribution >= 0.6 is 11.6 Å². The van der Waals surface area contributed by atoms with E-state index in [0.29, 0.717) is 22.8 Å². The number of Topliss-reactive ketones (excluding diaryl/α,β-unsaturated/α-hetero) is 1. The number of rotatable bonds is 0. The van der Waals surface area contributed by atoms with Crippen LogP contribution in [-0.4, -0.2) is 17.0 Å². The van der Waals surface area contributed by atoms with Gasteiger partial charge in [0, 0.05) is 5.92 Å². The van der Waals surface area contributed by atoms with Gasteiger partial charge in [-0.1, -0.05) is 32.4 Å². The summed E-state index contributed by atoms with van der Waals surface area (Å²) >= 11 is 6.51. The van der Waals surface area contributed by atoms with Gasteiger partial charge >= 0.3 is 0 Å². The van der Waals surface area contributed by atoms with Gasteiger partial charge in [-0.2, -0.15) is 0 Å². The molecule has 0 amide bonds. The average molecular weight is 337 g/mol. The lowest BCUT2D eigenvalue weighted by atomic mass is 9.46. The van der Waals surface area contributed by atoms with Gasteiger partial charge in [0.1, 0.15) is 0 Å². The molecule has 2 nitrogen and oxygen atoms in total. The van der Waals surface area contributed by atoms with Crippen molar-refractivity contribution >= 4 is 17.4 Å². The SMILES string of the molecule is CC1C[C@@]2(C)C(=C(Cl)C1=O)CC[C@H]1[C@@H]3CC[C@H](O)[C@@]3(C)CC[C@@H]12. The fourth-order valence-electron chi connectivity index (χ4n) is 7.00. The molecule has 0 bridgehead atoms. The van der Waals surface area contributed by atoms with Crippen molar-refractivity contribution in [3.05, 3.63) is 10.6 Å². The first-order valence-corrected chi connectivity index (χ1v) is 9.78. The van der Waals surface area contributed by atoms with Gasteiger partial charge in [-0.25, -0.2) is 0 Å². The van der Waals surface area contributed by atoms with E-state index in [1.165, 1.54) is 18.4 Å². The summed E-state index contributed by atoms with van der Waals surface area (Å²) in [6.07, 6.45) is 7.44. The second kappa shape index (κ2) is 5.08. The van der Waals surface area contributed by atoms with E-state index in [4.69, 9.17) is 11.6 Å². The zero-order chi connectivity index (χ0) is 16.6. The fourth-order valence-corrected chi connectivity index (χ4v) is 7.50. The maximum atomic E-state index is 12.3. The van der Waals surface area contributed by atoms with Gasteiger partial charge in [-0.05, 0) is 79.1 Å². The van der Waals surface area contributed by atoms with Crippen molar-refractivity contribution in [2.45, 2.75) is 71.8 Å². The summed E-state index contributed by atoms with van der Waals surface area (Å²) in [5.74, 6) is 2.21. The van der Waals surface area contributed by atoms with Gasteiger partial charge in [0.15, 0.2) is 5.78 Å². The predicted octanol–water partition coefficient (Wildman–Crippen LogP) is 4.69. The number of allylic oxidation sites excluding steroid dienone is 1. The third kappa shape index (κ3) is 2.00. The second-order valence-electron chi connectivity index (χ2n) is 9.23. The highest BCUT2D eigenvalue weighted by Crippen LogP contribution is 2.66. The number of carbonyl (C=O) groups excluding carboxylic acids is 1. The molecule has 0 aromatic carbocycles. The Hall–Kier alpha value is -0.340. The number of ketones is 1. The molecule has 0 aromatic heterocycles. The quantitative estimate of drug-likeness (QED) is 0.696. The standard InChI is InChI=1S/C20H29ClO2/c1-11-10-20(3)14-8-9-19(2)13(6-7-16(19)22)12(14)4-5-15(20)17(21)18(11)23/h11-14,16,22H,4-10H2,1-3H3/t11?,12-,13-,14-,16-,19-,20+/m0/s1. The monoisotopic (exact) mass is 336 g/mol. The largest absolute Gasteiger partial charge is 0.393 e. The van der Waals surface area contributed by atoms with Crippen LogP contribution in [0.2, 0.25) is 0 Å². The molecule has 3 saturated carbocycles. The third-order valence-corrected chi connectivity index (χ3v) is 8.70. The summed E-state index contributed by atoms with van der Waals surface area (Å²) in [4.78, 5) is 12.3. The molecular weight excluding hydrogens is 308 g/mol. The van der Waals surface area contributed by atoms with Crippen molar-refractivity contribution < 1.29 is 9.90 Å². The Balaban J connectivity index is 1.73. The third-order valence-electron chi connectivity index (χ3n) is 8.28. The highest BCUT2D eigenvalue weighted by Gasteiger charge is 2.59. The Morgan fingerprint density at radius 1 is 1.13 bits per heavy atom. The molecule has 4 aliphatic rings. The minimum absolute atomic E-state index is 0.0532. The van der Waals surface area contributed by atoms with Gasteiger partial charge in [0.05, 0.1) is 11.1 Å². The highest BCUT2D eigenvalue weighted by atomic mass is 35.5. The maximum Gasteiger partial charge on any atom is 0.176 e. The Morgan fingerprint density at radius 2 is 1.87 bits per heavy atom. The molecule has 0 aromatic rings. The van der Waals surface area contributed by atoms with Crippen LogP contribution in [0.4, 0.5) is 0 Å². The maximum absolute atomic E-state index is 12.3. The number of hydrogen-bond donors (Lipinski definition) is 1. The van der Waals surface area contributed by atoms with Crippen molar-refractivity contribution in [1.82, 2.24) is 0 Å². The fraction of sp³-hybridized carbons (Fsp3) is 0.850. The van der Waals surface area contributed by atoms with Crippen LogP contribution < -0.4 is 0 Å². The molecule has 7 atom stereocenters. The molecule has 23 heavy (non-hydrogen) atoms. The van der Waals surface area contributed by atoms with E-state index in [-0.39, 0.29) is 28.6 Å². The lowest BCUT2D eigenvalue weighted by Gasteiger charge is -2.58. The molecule has 128 valence electrons. The smallest absolute Gasteiger partial charge is 0.176 e. The van der Waals surface area contributed by atoms with Crippen LogP contribution in [0.3, 0.4) is 0 Å². The van der Waals surface area contributed by atoms with Crippen molar-refractivity contribution in [3.8, 4) is 0 Å². The van der Waals surface area contributed by atoms with E-state index in [2.05, 4.69) is 13.8 Å². The van der Waals surface area contributed by atoms with E-state index in [0.717, 1.165) is 32.1 Å². The molecule has 0 saturated heterocycles. The van der Waals surface area contributed by atoms with Gasteiger partial charge in [0.25, 0.3) is 0 Å². The van der Waals surface area contributed by atoms with Crippen molar-refractivity contribution in [3.63, 3.8) is 0 Å². The Morgan fingerprint density at radius 3 is 2.61 bits per heavy atom. The molecule has 3 fully saturated rings. The molecule has 0 aliphatic heterocycles.